The number of carbonyl (C=O) groups is 1. The van der Waals surface area contributed by atoms with Gasteiger partial charge in [0.05, 0.1) is 11.2 Å². The highest BCUT2D eigenvalue weighted by molar-refractivity contribution is 7.13. The van der Waals surface area contributed by atoms with Gasteiger partial charge in [0.2, 0.25) is 0 Å². The van der Waals surface area contributed by atoms with Crippen molar-refractivity contribution in [2.75, 3.05) is 6.54 Å². The summed E-state index contributed by atoms with van der Waals surface area (Å²) in [7, 11) is 0. The molecule has 0 atom stereocenters. The molecule has 0 unspecified atom stereocenters. The molecule has 0 radical (unpaired) electrons. The Kier molecular flexibility index (Phi) is 5.04. The van der Waals surface area contributed by atoms with E-state index in [4.69, 9.17) is 0 Å². The molecule has 3 aromatic rings. The average Bonchev–Trinajstić information content (AvgIpc) is 3.25. The Morgan fingerprint density at radius 1 is 1.20 bits per heavy atom. The summed E-state index contributed by atoms with van der Waals surface area (Å²) in [5.74, 6) is -0.0438. The van der Waals surface area contributed by atoms with Crippen LogP contribution in [0.2, 0.25) is 0 Å². The fourth-order valence-electron chi connectivity index (χ4n) is 2.66. The van der Waals surface area contributed by atoms with Gasteiger partial charge in [0, 0.05) is 24.2 Å². The molecule has 3 rings (SSSR count). The molecular weight excluding hydrogens is 330 g/mol. The minimum Gasteiger partial charge on any atom is -0.352 e. The molecule has 2 heterocycles. The van der Waals surface area contributed by atoms with E-state index in [1.807, 2.05) is 35.7 Å². The molecule has 5 heteroatoms. The maximum absolute atomic E-state index is 12.3. The van der Waals surface area contributed by atoms with Crippen LogP contribution in [0.15, 0.2) is 48.1 Å². The van der Waals surface area contributed by atoms with Crippen molar-refractivity contribution in [1.29, 1.82) is 0 Å². The number of nitrogens with one attached hydrogen (secondary N) is 2. The molecule has 2 aromatic heterocycles. The number of hydrogen-bond acceptors (Lipinski definition) is 3. The van der Waals surface area contributed by atoms with Crippen LogP contribution in [-0.2, 0) is 11.8 Å². The Morgan fingerprint density at radius 3 is 2.60 bits per heavy atom. The summed E-state index contributed by atoms with van der Waals surface area (Å²) in [6.07, 6.45) is 2.43. The monoisotopic (exact) mass is 353 g/mol. The van der Waals surface area contributed by atoms with Crippen molar-refractivity contribution < 1.29 is 4.79 Å². The van der Waals surface area contributed by atoms with Gasteiger partial charge in [-0.25, -0.2) is 4.98 Å². The number of nitrogens with zero attached hydrogens (tertiary/aromatic N) is 1. The second kappa shape index (κ2) is 7.23. The third-order valence-electron chi connectivity index (χ3n) is 4.15. The quantitative estimate of drug-likeness (QED) is 0.714. The van der Waals surface area contributed by atoms with Gasteiger partial charge in [-0.1, -0.05) is 39.0 Å². The zero-order valence-corrected chi connectivity index (χ0v) is 15.6. The van der Waals surface area contributed by atoms with Gasteiger partial charge in [-0.2, -0.15) is 0 Å². The van der Waals surface area contributed by atoms with E-state index in [0.717, 1.165) is 22.7 Å². The van der Waals surface area contributed by atoms with E-state index in [1.54, 1.807) is 17.7 Å². The first-order chi connectivity index (χ1) is 11.9. The zero-order chi connectivity index (χ0) is 17.9. The Morgan fingerprint density at radius 2 is 1.96 bits per heavy atom. The molecule has 25 heavy (non-hydrogen) atoms. The summed E-state index contributed by atoms with van der Waals surface area (Å²) in [6, 6.07) is 11.9. The Hall–Kier alpha value is -2.40. The molecule has 0 fully saturated rings. The number of amides is 1. The predicted molar refractivity (Wildman–Crippen MR) is 103 cm³/mol. The van der Waals surface area contributed by atoms with Crippen molar-refractivity contribution in [1.82, 2.24) is 15.3 Å². The van der Waals surface area contributed by atoms with Gasteiger partial charge in [-0.05, 0) is 34.6 Å². The SMILES string of the molecule is CC(C)(C)c1ccc(C(=O)NCCc2[nH]cnc2-c2cccs2)cc1. The standard InChI is InChI=1S/C20H23N3OS/c1-20(2,3)15-8-6-14(7-9-15)19(24)21-11-10-16-18(23-13-22-16)17-5-4-12-25-17/h4-9,12-13H,10-11H2,1-3H3,(H,21,24)(H,22,23). The molecule has 0 spiro atoms. The smallest absolute Gasteiger partial charge is 0.251 e. The van der Waals surface area contributed by atoms with E-state index >= 15 is 0 Å². The van der Waals surface area contributed by atoms with E-state index in [0.29, 0.717) is 12.1 Å². The number of thiophene rings is 1. The molecule has 4 nitrogen and oxygen atoms in total. The molecule has 0 saturated carbocycles. The van der Waals surface area contributed by atoms with Gasteiger partial charge in [0.1, 0.15) is 5.69 Å². The summed E-state index contributed by atoms with van der Waals surface area (Å²) >= 11 is 1.66. The molecule has 0 aliphatic carbocycles. The summed E-state index contributed by atoms with van der Waals surface area (Å²) < 4.78 is 0. The van der Waals surface area contributed by atoms with Gasteiger partial charge < -0.3 is 10.3 Å². The highest BCUT2D eigenvalue weighted by Gasteiger charge is 2.14. The molecule has 0 aliphatic heterocycles. The van der Waals surface area contributed by atoms with Crippen molar-refractivity contribution >= 4 is 17.2 Å². The number of benzene rings is 1. The summed E-state index contributed by atoms with van der Waals surface area (Å²) in [5.41, 5.74) is 4.02. The van der Waals surface area contributed by atoms with Gasteiger partial charge >= 0.3 is 0 Å². The molecule has 0 saturated heterocycles. The average molecular weight is 353 g/mol. The molecule has 1 aromatic carbocycles. The number of aromatic amines is 1. The van der Waals surface area contributed by atoms with E-state index in [-0.39, 0.29) is 11.3 Å². The van der Waals surface area contributed by atoms with Crippen LogP contribution in [0, 0.1) is 0 Å². The van der Waals surface area contributed by atoms with E-state index in [2.05, 4.69) is 42.1 Å². The van der Waals surface area contributed by atoms with Gasteiger partial charge in [-0.3, -0.25) is 4.79 Å². The van der Waals surface area contributed by atoms with Crippen LogP contribution in [0.1, 0.15) is 42.4 Å². The van der Waals surface area contributed by atoms with Crippen LogP contribution in [-0.4, -0.2) is 22.4 Å². The fourth-order valence-corrected chi connectivity index (χ4v) is 3.41. The second-order valence-corrected chi connectivity index (χ2v) is 7.99. The summed E-state index contributed by atoms with van der Waals surface area (Å²) in [6.45, 7) is 7.06. The van der Waals surface area contributed by atoms with E-state index < -0.39 is 0 Å². The van der Waals surface area contributed by atoms with Crippen LogP contribution in [0.25, 0.3) is 10.6 Å². The van der Waals surface area contributed by atoms with Crippen LogP contribution < -0.4 is 5.32 Å². The number of H-pyrrole nitrogens is 1. The summed E-state index contributed by atoms with van der Waals surface area (Å²) in [4.78, 5) is 21.0. The van der Waals surface area contributed by atoms with Crippen molar-refractivity contribution in [3.8, 4) is 10.6 Å². The van der Waals surface area contributed by atoms with Crippen LogP contribution in [0.4, 0.5) is 0 Å². The zero-order valence-electron chi connectivity index (χ0n) is 14.8. The van der Waals surface area contributed by atoms with Gasteiger partial charge in [0.15, 0.2) is 0 Å². The Labute approximate surface area is 152 Å². The third-order valence-corrected chi connectivity index (χ3v) is 5.02. The molecule has 130 valence electrons. The Balaban J connectivity index is 1.58. The number of aromatic nitrogens is 2. The number of carbonyl (C=O) groups excluding carboxylic acids is 1. The molecule has 0 bridgehead atoms. The number of hydrogen-bond donors (Lipinski definition) is 2. The minimum absolute atomic E-state index is 0.0438. The van der Waals surface area contributed by atoms with Gasteiger partial charge in [0.25, 0.3) is 5.91 Å². The topological polar surface area (TPSA) is 57.8 Å². The highest BCUT2D eigenvalue weighted by atomic mass is 32.1. The number of imidazole rings is 1. The van der Waals surface area contributed by atoms with Crippen LogP contribution in [0.3, 0.4) is 0 Å². The molecule has 1 amide bonds. The lowest BCUT2D eigenvalue weighted by atomic mass is 9.87. The maximum Gasteiger partial charge on any atom is 0.251 e. The number of rotatable bonds is 5. The Bertz CT molecular complexity index is 827. The predicted octanol–water partition coefficient (Wildman–Crippen LogP) is 4.41. The normalized spacial score (nSPS) is 11.5. The maximum atomic E-state index is 12.3. The van der Waals surface area contributed by atoms with E-state index in [9.17, 15) is 4.79 Å². The largest absolute Gasteiger partial charge is 0.352 e. The third kappa shape index (κ3) is 4.17. The lowest BCUT2D eigenvalue weighted by Crippen LogP contribution is -2.26. The van der Waals surface area contributed by atoms with Gasteiger partial charge in [-0.15, -0.1) is 11.3 Å². The molecule has 0 aliphatic rings. The first-order valence-electron chi connectivity index (χ1n) is 8.40. The second-order valence-electron chi connectivity index (χ2n) is 7.04. The fraction of sp³-hybridized carbons (Fsp3) is 0.300. The molecular formula is C20H23N3OS. The van der Waals surface area contributed by atoms with Crippen molar-refractivity contribution in [2.45, 2.75) is 32.6 Å². The van der Waals surface area contributed by atoms with Crippen molar-refractivity contribution in [3.05, 3.63) is 64.9 Å². The van der Waals surface area contributed by atoms with Crippen molar-refractivity contribution in [3.63, 3.8) is 0 Å². The van der Waals surface area contributed by atoms with Crippen LogP contribution in [0.5, 0.6) is 0 Å². The van der Waals surface area contributed by atoms with E-state index in [1.165, 1.54) is 5.56 Å². The minimum atomic E-state index is -0.0438. The highest BCUT2D eigenvalue weighted by Crippen LogP contribution is 2.25. The lowest BCUT2D eigenvalue weighted by Gasteiger charge is -2.19. The van der Waals surface area contributed by atoms with Crippen molar-refractivity contribution in [2.24, 2.45) is 0 Å². The van der Waals surface area contributed by atoms with Crippen LogP contribution >= 0.6 is 11.3 Å². The first-order valence-corrected chi connectivity index (χ1v) is 9.28. The lowest BCUT2D eigenvalue weighted by molar-refractivity contribution is 0.0954. The first kappa shape index (κ1) is 17.4. The summed E-state index contributed by atoms with van der Waals surface area (Å²) in [5, 5.41) is 5.02. The molecule has 2 N–H and O–H groups in total.